The number of benzene rings is 2. The minimum atomic E-state index is -0.457. The largest absolute Gasteiger partial charge is 0.393 e. The van der Waals surface area contributed by atoms with Gasteiger partial charge in [0.15, 0.2) is 0 Å². The Morgan fingerprint density at radius 2 is 1.83 bits per heavy atom. The second kappa shape index (κ2) is 7.07. The highest BCUT2D eigenvalue weighted by Gasteiger charge is 2.17. The average Bonchev–Trinajstić information content (AvgIpc) is 2.58. The summed E-state index contributed by atoms with van der Waals surface area (Å²) < 4.78 is 0. The zero-order chi connectivity index (χ0) is 17.1. The van der Waals surface area contributed by atoms with E-state index in [1.807, 2.05) is 24.3 Å². The normalized spacial score (nSPS) is 15.3. The molecule has 2 aromatic carbocycles. The molecule has 3 rings (SSSR count). The van der Waals surface area contributed by atoms with Crippen LogP contribution < -0.4 is 10.2 Å². The highest BCUT2D eigenvalue weighted by atomic mass is 35.5. The maximum atomic E-state index is 11.1. The molecule has 24 heavy (non-hydrogen) atoms. The summed E-state index contributed by atoms with van der Waals surface area (Å²) in [5, 5.41) is 24.1. The molecule has 6 nitrogen and oxygen atoms in total. The molecule has 7 heteroatoms. The van der Waals surface area contributed by atoms with E-state index in [2.05, 4.69) is 10.2 Å². The number of nitrogens with one attached hydrogen (secondary N) is 1. The van der Waals surface area contributed by atoms with Gasteiger partial charge in [0.25, 0.3) is 5.69 Å². The summed E-state index contributed by atoms with van der Waals surface area (Å²) in [6, 6.07) is 12.3. The van der Waals surface area contributed by atoms with Gasteiger partial charge in [0, 0.05) is 35.6 Å². The van der Waals surface area contributed by atoms with Crippen LogP contribution in [-0.2, 0) is 0 Å². The molecule has 1 heterocycles. The van der Waals surface area contributed by atoms with E-state index in [-0.39, 0.29) is 11.8 Å². The van der Waals surface area contributed by atoms with Crippen LogP contribution in [0.15, 0.2) is 42.5 Å². The lowest BCUT2D eigenvalue weighted by atomic mass is 10.1. The number of nitro groups is 1. The van der Waals surface area contributed by atoms with Crippen molar-refractivity contribution in [2.75, 3.05) is 23.3 Å². The first-order valence-corrected chi connectivity index (χ1v) is 8.15. The van der Waals surface area contributed by atoms with Gasteiger partial charge in [-0.15, -0.1) is 0 Å². The SMILES string of the molecule is O=[N+]([O-])c1cc(Cl)ccc1Nc1ccc(N2CCC(O)CC2)cc1. The summed E-state index contributed by atoms with van der Waals surface area (Å²) in [6.45, 7) is 1.66. The van der Waals surface area contributed by atoms with Crippen molar-refractivity contribution in [3.05, 3.63) is 57.6 Å². The second-order valence-corrected chi connectivity index (χ2v) is 6.25. The van der Waals surface area contributed by atoms with Gasteiger partial charge in [0.1, 0.15) is 5.69 Å². The highest BCUT2D eigenvalue weighted by molar-refractivity contribution is 6.30. The van der Waals surface area contributed by atoms with Crippen molar-refractivity contribution in [2.45, 2.75) is 18.9 Å². The average molecular weight is 348 g/mol. The van der Waals surface area contributed by atoms with Crippen molar-refractivity contribution < 1.29 is 10.0 Å². The van der Waals surface area contributed by atoms with Crippen LogP contribution in [-0.4, -0.2) is 29.2 Å². The summed E-state index contributed by atoms with van der Waals surface area (Å²) in [6.07, 6.45) is 1.35. The molecule has 0 spiro atoms. The van der Waals surface area contributed by atoms with Gasteiger partial charge < -0.3 is 15.3 Å². The lowest BCUT2D eigenvalue weighted by molar-refractivity contribution is -0.383. The van der Waals surface area contributed by atoms with Crippen molar-refractivity contribution in [1.29, 1.82) is 0 Å². The van der Waals surface area contributed by atoms with E-state index in [1.165, 1.54) is 6.07 Å². The molecule has 0 amide bonds. The molecule has 1 fully saturated rings. The van der Waals surface area contributed by atoms with Gasteiger partial charge in [-0.2, -0.15) is 0 Å². The number of hydrogen-bond acceptors (Lipinski definition) is 5. The molecule has 1 aliphatic rings. The molecule has 0 aliphatic carbocycles. The van der Waals surface area contributed by atoms with E-state index < -0.39 is 4.92 Å². The molecule has 2 aromatic rings. The van der Waals surface area contributed by atoms with Crippen molar-refractivity contribution >= 4 is 34.4 Å². The first-order chi connectivity index (χ1) is 11.5. The zero-order valence-corrected chi connectivity index (χ0v) is 13.7. The van der Waals surface area contributed by atoms with E-state index in [0.29, 0.717) is 10.7 Å². The molecule has 0 aromatic heterocycles. The van der Waals surface area contributed by atoms with E-state index >= 15 is 0 Å². The van der Waals surface area contributed by atoms with Crippen LogP contribution in [0.3, 0.4) is 0 Å². The summed E-state index contributed by atoms with van der Waals surface area (Å²) in [7, 11) is 0. The second-order valence-electron chi connectivity index (χ2n) is 5.81. The van der Waals surface area contributed by atoms with Crippen LogP contribution in [0, 0.1) is 10.1 Å². The molecular weight excluding hydrogens is 330 g/mol. The minimum absolute atomic E-state index is 0.0587. The molecule has 0 radical (unpaired) electrons. The lowest BCUT2D eigenvalue weighted by Crippen LogP contribution is -2.35. The van der Waals surface area contributed by atoms with Crippen molar-refractivity contribution in [2.24, 2.45) is 0 Å². The third kappa shape index (κ3) is 3.77. The molecule has 126 valence electrons. The van der Waals surface area contributed by atoms with Gasteiger partial charge in [-0.3, -0.25) is 10.1 Å². The fraction of sp³-hybridized carbons (Fsp3) is 0.294. The van der Waals surface area contributed by atoms with Crippen LogP contribution in [0.1, 0.15) is 12.8 Å². The number of anilines is 3. The standard InChI is InChI=1S/C17H18ClN3O3/c18-12-1-6-16(17(11-12)21(23)24)19-13-2-4-14(5-3-13)20-9-7-15(22)8-10-20/h1-6,11,15,19,22H,7-10H2. The smallest absolute Gasteiger partial charge is 0.294 e. The Morgan fingerprint density at radius 1 is 1.17 bits per heavy atom. The summed E-state index contributed by atoms with van der Waals surface area (Å²) in [4.78, 5) is 12.9. The molecular formula is C17H18ClN3O3. The number of aliphatic hydroxyl groups is 1. The molecule has 1 saturated heterocycles. The fourth-order valence-corrected chi connectivity index (χ4v) is 2.96. The van der Waals surface area contributed by atoms with Crippen LogP contribution in [0.5, 0.6) is 0 Å². The lowest BCUT2D eigenvalue weighted by Gasteiger charge is -2.31. The van der Waals surface area contributed by atoms with Crippen LogP contribution in [0.4, 0.5) is 22.7 Å². The maximum absolute atomic E-state index is 11.1. The van der Waals surface area contributed by atoms with Crippen LogP contribution in [0.2, 0.25) is 5.02 Å². The van der Waals surface area contributed by atoms with E-state index in [4.69, 9.17) is 11.6 Å². The van der Waals surface area contributed by atoms with E-state index in [9.17, 15) is 15.2 Å². The number of aliphatic hydroxyl groups excluding tert-OH is 1. The van der Waals surface area contributed by atoms with Crippen molar-refractivity contribution in [1.82, 2.24) is 0 Å². The van der Waals surface area contributed by atoms with E-state index in [1.54, 1.807) is 12.1 Å². The summed E-state index contributed by atoms with van der Waals surface area (Å²) in [5.41, 5.74) is 2.19. The van der Waals surface area contributed by atoms with Gasteiger partial charge >= 0.3 is 0 Å². The van der Waals surface area contributed by atoms with Gasteiger partial charge in [-0.25, -0.2) is 0 Å². The molecule has 0 unspecified atom stereocenters. The third-order valence-electron chi connectivity index (χ3n) is 4.13. The van der Waals surface area contributed by atoms with Crippen LogP contribution >= 0.6 is 11.6 Å². The third-order valence-corrected chi connectivity index (χ3v) is 4.37. The quantitative estimate of drug-likeness (QED) is 0.646. The van der Waals surface area contributed by atoms with Gasteiger partial charge in [0.05, 0.1) is 11.0 Å². The Balaban J connectivity index is 1.74. The molecule has 2 N–H and O–H groups in total. The summed E-state index contributed by atoms with van der Waals surface area (Å²) >= 11 is 5.83. The Labute approximate surface area is 144 Å². The monoisotopic (exact) mass is 347 g/mol. The number of nitro benzene ring substituents is 1. The Kier molecular flexibility index (Phi) is 4.87. The van der Waals surface area contributed by atoms with E-state index in [0.717, 1.165) is 37.3 Å². The zero-order valence-electron chi connectivity index (χ0n) is 13.0. The van der Waals surface area contributed by atoms with Gasteiger partial charge in [-0.1, -0.05) is 11.6 Å². The van der Waals surface area contributed by atoms with Crippen molar-refractivity contribution in [3.8, 4) is 0 Å². The van der Waals surface area contributed by atoms with Crippen LogP contribution in [0.25, 0.3) is 0 Å². The number of rotatable bonds is 4. The Morgan fingerprint density at radius 3 is 2.46 bits per heavy atom. The predicted octanol–water partition coefficient (Wildman–Crippen LogP) is 3.95. The number of halogens is 1. The van der Waals surface area contributed by atoms with Gasteiger partial charge in [-0.05, 0) is 49.2 Å². The first kappa shape index (κ1) is 16.5. The first-order valence-electron chi connectivity index (χ1n) is 7.77. The number of hydrogen-bond donors (Lipinski definition) is 2. The topological polar surface area (TPSA) is 78.6 Å². The predicted molar refractivity (Wildman–Crippen MR) is 95.3 cm³/mol. The fourth-order valence-electron chi connectivity index (χ4n) is 2.80. The molecule has 0 bridgehead atoms. The number of nitrogens with zero attached hydrogens (tertiary/aromatic N) is 2. The highest BCUT2D eigenvalue weighted by Crippen LogP contribution is 2.31. The minimum Gasteiger partial charge on any atom is -0.393 e. The number of piperidine rings is 1. The molecule has 0 saturated carbocycles. The van der Waals surface area contributed by atoms with Crippen molar-refractivity contribution in [3.63, 3.8) is 0 Å². The molecule has 0 atom stereocenters. The Hall–Kier alpha value is -2.31. The maximum Gasteiger partial charge on any atom is 0.294 e. The Bertz CT molecular complexity index is 728. The molecule has 1 aliphatic heterocycles. The summed E-state index contributed by atoms with van der Waals surface area (Å²) in [5.74, 6) is 0. The van der Waals surface area contributed by atoms with Gasteiger partial charge in [0.2, 0.25) is 0 Å².